The molecule has 7 heteroatoms. The van der Waals surface area contributed by atoms with Crippen LogP contribution in [0.3, 0.4) is 0 Å². The Labute approximate surface area is 190 Å². The summed E-state index contributed by atoms with van der Waals surface area (Å²) in [6.07, 6.45) is 0.836. The molecule has 3 aromatic carbocycles. The Kier molecular flexibility index (Phi) is 6.14. The van der Waals surface area contributed by atoms with Crippen LogP contribution in [-0.2, 0) is 24.2 Å². The second kappa shape index (κ2) is 9.02. The van der Waals surface area contributed by atoms with Gasteiger partial charge in [0, 0.05) is 24.9 Å². The molecule has 1 aliphatic heterocycles. The van der Waals surface area contributed by atoms with Crippen LogP contribution in [0.2, 0.25) is 0 Å². The van der Waals surface area contributed by atoms with Gasteiger partial charge in [-0.05, 0) is 60.0 Å². The molecule has 3 aromatic rings. The topological polar surface area (TPSA) is 66.8 Å². The minimum Gasteiger partial charge on any atom is -0.487 e. The number of carbonyl (C=O) groups is 2. The standard InChI is InChI=1S/C26H23F2NO4/c1-26(13-19-6-2-3-8-22(19)28)14-20-12-18(9-10-23(20)33-26)25(32)29(16-24(30)31)15-17-5-4-7-21(27)11-17/h2-12H,13-16H2,1H3,(H,30,31). The number of aliphatic carboxylic acids is 1. The van der Waals surface area contributed by atoms with Crippen molar-refractivity contribution in [3.05, 3.63) is 101 Å². The molecule has 1 N–H and O–H groups in total. The molecule has 1 unspecified atom stereocenters. The zero-order valence-electron chi connectivity index (χ0n) is 18.1. The summed E-state index contributed by atoms with van der Waals surface area (Å²) >= 11 is 0. The molecule has 0 fully saturated rings. The average Bonchev–Trinajstić information content (AvgIpc) is 3.09. The van der Waals surface area contributed by atoms with E-state index in [1.807, 2.05) is 6.92 Å². The van der Waals surface area contributed by atoms with E-state index >= 15 is 0 Å². The van der Waals surface area contributed by atoms with E-state index in [1.165, 1.54) is 24.3 Å². The molecule has 1 heterocycles. The Hall–Kier alpha value is -3.74. The number of carbonyl (C=O) groups excluding carboxylic acids is 1. The Morgan fingerprint density at radius 3 is 2.58 bits per heavy atom. The summed E-state index contributed by atoms with van der Waals surface area (Å²) in [6.45, 7) is 1.33. The lowest BCUT2D eigenvalue weighted by Crippen LogP contribution is -2.35. The van der Waals surface area contributed by atoms with Gasteiger partial charge in [0.05, 0.1) is 0 Å². The van der Waals surface area contributed by atoms with Gasteiger partial charge >= 0.3 is 5.97 Å². The lowest BCUT2D eigenvalue weighted by Gasteiger charge is -2.24. The first-order chi connectivity index (χ1) is 15.7. The maximum Gasteiger partial charge on any atom is 0.323 e. The van der Waals surface area contributed by atoms with E-state index < -0.39 is 29.8 Å². The second-order valence-corrected chi connectivity index (χ2v) is 8.50. The number of ether oxygens (including phenoxy) is 1. The fraction of sp³-hybridized carbons (Fsp3) is 0.231. The monoisotopic (exact) mass is 451 g/mol. The molecule has 1 atom stereocenters. The predicted octanol–water partition coefficient (Wildman–Crippen LogP) is 4.63. The van der Waals surface area contributed by atoms with Gasteiger partial charge in [-0.1, -0.05) is 30.3 Å². The van der Waals surface area contributed by atoms with Crippen molar-refractivity contribution < 1.29 is 28.2 Å². The Morgan fingerprint density at radius 2 is 1.85 bits per heavy atom. The van der Waals surface area contributed by atoms with Crippen LogP contribution in [-0.4, -0.2) is 34.0 Å². The third-order valence-corrected chi connectivity index (χ3v) is 5.63. The smallest absolute Gasteiger partial charge is 0.323 e. The van der Waals surface area contributed by atoms with Gasteiger partial charge in [-0.2, -0.15) is 0 Å². The van der Waals surface area contributed by atoms with Crippen LogP contribution in [0.5, 0.6) is 5.75 Å². The van der Waals surface area contributed by atoms with E-state index in [9.17, 15) is 23.5 Å². The van der Waals surface area contributed by atoms with E-state index in [0.29, 0.717) is 35.3 Å². The quantitative estimate of drug-likeness (QED) is 0.569. The normalized spacial score (nSPS) is 16.7. The largest absolute Gasteiger partial charge is 0.487 e. The SMILES string of the molecule is CC1(Cc2ccccc2F)Cc2cc(C(=O)N(CC(=O)O)Cc3cccc(F)c3)ccc2O1. The van der Waals surface area contributed by atoms with E-state index in [0.717, 1.165) is 10.5 Å². The summed E-state index contributed by atoms with van der Waals surface area (Å²) in [5, 5.41) is 9.28. The lowest BCUT2D eigenvalue weighted by atomic mass is 9.91. The van der Waals surface area contributed by atoms with E-state index in [2.05, 4.69) is 0 Å². The molecular formula is C26H23F2NO4. The van der Waals surface area contributed by atoms with Crippen molar-refractivity contribution in [1.29, 1.82) is 0 Å². The number of halogens is 2. The van der Waals surface area contributed by atoms with Gasteiger partial charge in [-0.25, -0.2) is 8.78 Å². The summed E-state index contributed by atoms with van der Waals surface area (Å²) in [5.74, 6) is -1.79. The molecule has 0 aromatic heterocycles. The maximum atomic E-state index is 14.1. The van der Waals surface area contributed by atoms with Gasteiger partial charge in [0.15, 0.2) is 0 Å². The number of hydrogen-bond donors (Lipinski definition) is 1. The van der Waals surface area contributed by atoms with Crippen LogP contribution in [0.15, 0.2) is 66.7 Å². The van der Waals surface area contributed by atoms with Crippen LogP contribution in [0.1, 0.15) is 34.0 Å². The molecule has 170 valence electrons. The number of nitrogens with zero attached hydrogens (tertiary/aromatic N) is 1. The fourth-order valence-corrected chi connectivity index (χ4v) is 4.20. The highest BCUT2D eigenvalue weighted by Gasteiger charge is 2.36. The minimum atomic E-state index is -1.17. The molecule has 0 saturated heterocycles. The van der Waals surface area contributed by atoms with Crippen molar-refractivity contribution in [2.24, 2.45) is 0 Å². The van der Waals surface area contributed by atoms with Gasteiger partial charge < -0.3 is 14.7 Å². The molecule has 4 rings (SSSR count). The fourth-order valence-electron chi connectivity index (χ4n) is 4.20. The highest BCUT2D eigenvalue weighted by Crippen LogP contribution is 2.38. The first-order valence-electron chi connectivity index (χ1n) is 10.5. The van der Waals surface area contributed by atoms with Gasteiger partial charge in [0.2, 0.25) is 0 Å². The summed E-state index contributed by atoms with van der Waals surface area (Å²) in [4.78, 5) is 25.7. The highest BCUT2D eigenvalue weighted by molar-refractivity contribution is 5.96. The maximum absolute atomic E-state index is 14.1. The molecule has 0 saturated carbocycles. The van der Waals surface area contributed by atoms with Crippen molar-refractivity contribution in [3.63, 3.8) is 0 Å². The Balaban J connectivity index is 1.54. The summed E-state index contributed by atoms with van der Waals surface area (Å²) < 4.78 is 33.8. The molecule has 0 aliphatic carbocycles. The first kappa shape index (κ1) is 22.5. The van der Waals surface area contributed by atoms with Gasteiger partial charge in [-0.3, -0.25) is 9.59 Å². The molecule has 1 aliphatic rings. The van der Waals surface area contributed by atoms with Crippen LogP contribution >= 0.6 is 0 Å². The third kappa shape index (κ3) is 5.19. The number of amides is 1. The number of benzene rings is 3. The number of carboxylic acids is 1. The van der Waals surface area contributed by atoms with E-state index in [1.54, 1.807) is 42.5 Å². The zero-order valence-corrected chi connectivity index (χ0v) is 18.1. The lowest BCUT2D eigenvalue weighted by molar-refractivity contribution is -0.137. The summed E-state index contributed by atoms with van der Waals surface area (Å²) in [7, 11) is 0. The Bertz CT molecular complexity index is 1210. The average molecular weight is 451 g/mol. The molecule has 1 amide bonds. The molecule has 5 nitrogen and oxygen atoms in total. The van der Waals surface area contributed by atoms with Gasteiger partial charge in [-0.15, -0.1) is 0 Å². The van der Waals surface area contributed by atoms with Gasteiger partial charge in [0.1, 0.15) is 29.5 Å². The molecular weight excluding hydrogens is 428 g/mol. The molecule has 0 bridgehead atoms. The number of hydrogen-bond acceptors (Lipinski definition) is 3. The van der Waals surface area contributed by atoms with Crippen molar-refractivity contribution in [1.82, 2.24) is 4.90 Å². The molecule has 33 heavy (non-hydrogen) atoms. The highest BCUT2D eigenvalue weighted by atomic mass is 19.1. The van der Waals surface area contributed by atoms with E-state index in [-0.39, 0.29) is 12.4 Å². The predicted molar refractivity (Wildman–Crippen MR) is 118 cm³/mol. The summed E-state index contributed by atoms with van der Waals surface area (Å²) in [5.41, 5.74) is 1.47. The van der Waals surface area contributed by atoms with Gasteiger partial charge in [0.25, 0.3) is 5.91 Å². The van der Waals surface area contributed by atoms with Crippen molar-refractivity contribution in [2.45, 2.75) is 31.9 Å². The number of rotatable bonds is 7. The van der Waals surface area contributed by atoms with Crippen molar-refractivity contribution in [3.8, 4) is 5.75 Å². The van der Waals surface area contributed by atoms with Crippen molar-refractivity contribution in [2.75, 3.05) is 6.54 Å². The van der Waals surface area contributed by atoms with Crippen LogP contribution in [0.4, 0.5) is 8.78 Å². The van der Waals surface area contributed by atoms with Crippen LogP contribution < -0.4 is 4.74 Å². The molecule has 0 radical (unpaired) electrons. The van der Waals surface area contributed by atoms with Crippen molar-refractivity contribution >= 4 is 11.9 Å². The summed E-state index contributed by atoms with van der Waals surface area (Å²) in [6, 6.07) is 17.2. The molecule has 0 spiro atoms. The van der Waals surface area contributed by atoms with E-state index in [4.69, 9.17) is 4.74 Å². The minimum absolute atomic E-state index is 0.0402. The van der Waals surface area contributed by atoms with Crippen LogP contribution in [0, 0.1) is 11.6 Å². The number of carboxylic acid groups (broad SMARTS) is 1. The first-order valence-corrected chi connectivity index (χ1v) is 10.5. The zero-order chi connectivity index (χ0) is 23.6. The Morgan fingerprint density at radius 1 is 1.06 bits per heavy atom. The second-order valence-electron chi connectivity index (χ2n) is 8.50. The van der Waals surface area contributed by atoms with Crippen LogP contribution in [0.25, 0.3) is 0 Å². The third-order valence-electron chi connectivity index (χ3n) is 5.63. The number of fused-ring (bicyclic) bond motifs is 1.